The molecule has 0 aromatic heterocycles. The third kappa shape index (κ3) is 7.68. The van der Waals surface area contributed by atoms with Gasteiger partial charge in [0.25, 0.3) is 0 Å². The van der Waals surface area contributed by atoms with Gasteiger partial charge in [-0.15, -0.1) is 0 Å². The van der Waals surface area contributed by atoms with Crippen LogP contribution in [0.15, 0.2) is 18.2 Å². The van der Waals surface area contributed by atoms with Crippen LogP contribution in [0, 0.1) is 17.3 Å². The van der Waals surface area contributed by atoms with Crippen molar-refractivity contribution in [1.82, 2.24) is 0 Å². The van der Waals surface area contributed by atoms with Gasteiger partial charge in [0.15, 0.2) is 0 Å². The van der Waals surface area contributed by atoms with Crippen molar-refractivity contribution in [2.75, 3.05) is 13.7 Å². The molecule has 1 aromatic carbocycles. The number of hydrogen-bond acceptors (Lipinski definition) is 3. The molecule has 144 valence electrons. The van der Waals surface area contributed by atoms with Gasteiger partial charge in [0, 0.05) is 11.6 Å². The van der Waals surface area contributed by atoms with Gasteiger partial charge in [-0.25, -0.2) is 0 Å². The first-order valence-corrected chi connectivity index (χ1v) is 9.75. The monoisotopic (exact) mass is 350 g/mol. The number of benzene rings is 1. The fourth-order valence-corrected chi connectivity index (χ4v) is 3.67. The van der Waals surface area contributed by atoms with Crippen molar-refractivity contribution in [1.29, 1.82) is 0 Å². The van der Waals surface area contributed by atoms with Gasteiger partial charge in [-0.1, -0.05) is 47.5 Å². The van der Waals surface area contributed by atoms with Gasteiger partial charge in [0.1, 0.15) is 11.5 Å². The Kier molecular flexibility index (Phi) is 9.34. The maximum absolute atomic E-state index is 9.48. The van der Waals surface area contributed by atoms with E-state index in [1.807, 2.05) is 18.2 Å². The number of hydrogen-bond donors (Lipinski definition) is 1. The summed E-state index contributed by atoms with van der Waals surface area (Å²) in [7, 11) is 1.64. The number of aliphatic hydroxyl groups is 1. The van der Waals surface area contributed by atoms with Crippen LogP contribution < -0.4 is 9.47 Å². The Morgan fingerprint density at radius 2 is 1.84 bits per heavy atom. The van der Waals surface area contributed by atoms with Gasteiger partial charge in [0.05, 0.1) is 20.3 Å². The maximum Gasteiger partial charge on any atom is 0.128 e. The lowest BCUT2D eigenvalue weighted by molar-refractivity contribution is 0.181. The van der Waals surface area contributed by atoms with Crippen LogP contribution in [0.5, 0.6) is 11.5 Å². The van der Waals surface area contributed by atoms with Crippen LogP contribution in [0.4, 0.5) is 0 Å². The summed E-state index contributed by atoms with van der Waals surface area (Å²) in [6, 6.07) is 5.57. The Bertz CT molecular complexity index is 496. The summed E-state index contributed by atoms with van der Waals surface area (Å²) in [5.74, 6) is 2.94. The lowest BCUT2D eigenvalue weighted by atomic mass is 9.75. The summed E-state index contributed by atoms with van der Waals surface area (Å²) in [5, 5.41) is 9.48. The lowest BCUT2D eigenvalue weighted by Crippen LogP contribution is -2.21. The smallest absolute Gasteiger partial charge is 0.128 e. The summed E-state index contributed by atoms with van der Waals surface area (Å²) in [6.45, 7) is 12.4. The van der Waals surface area contributed by atoms with Crippen LogP contribution in [-0.4, -0.2) is 18.8 Å². The topological polar surface area (TPSA) is 38.7 Å². The second kappa shape index (κ2) is 10.7. The van der Waals surface area contributed by atoms with Crippen molar-refractivity contribution in [3.8, 4) is 11.5 Å². The predicted molar refractivity (Wildman–Crippen MR) is 105 cm³/mol. The van der Waals surface area contributed by atoms with Crippen molar-refractivity contribution in [2.45, 2.75) is 73.3 Å². The van der Waals surface area contributed by atoms with E-state index in [9.17, 15) is 5.11 Å². The van der Waals surface area contributed by atoms with Crippen LogP contribution in [0.3, 0.4) is 0 Å². The summed E-state index contributed by atoms with van der Waals surface area (Å²) in [6.07, 6.45) is 6.00. The fourth-order valence-electron chi connectivity index (χ4n) is 3.67. The molecule has 0 spiro atoms. The molecule has 2 unspecified atom stereocenters. The highest BCUT2D eigenvalue weighted by Gasteiger charge is 2.24. The first-order chi connectivity index (χ1) is 11.8. The quantitative estimate of drug-likeness (QED) is 0.515. The Hall–Kier alpha value is -1.22. The van der Waals surface area contributed by atoms with Crippen LogP contribution in [0.1, 0.15) is 72.3 Å². The van der Waals surface area contributed by atoms with Gasteiger partial charge in [-0.05, 0) is 48.6 Å². The van der Waals surface area contributed by atoms with Crippen LogP contribution in [0.25, 0.3) is 0 Å². The number of aliphatic hydroxyl groups excluding tert-OH is 1. The molecule has 25 heavy (non-hydrogen) atoms. The molecule has 0 saturated heterocycles. The van der Waals surface area contributed by atoms with Crippen molar-refractivity contribution in [3.05, 3.63) is 23.8 Å². The Balaban J connectivity index is 2.58. The van der Waals surface area contributed by atoms with E-state index < -0.39 is 0 Å². The Labute approximate surface area is 154 Å². The average molecular weight is 351 g/mol. The summed E-state index contributed by atoms with van der Waals surface area (Å²) >= 11 is 0. The van der Waals surface area contributed by atoms with Crippen molar-refractivity contribution >= 4 is 0 Å². The Morgan fingerprint density at radius 3 is 2.40 bits per heavy atom. The number of methoxy groups -OCH3 is 1. The van der Waals surface area contributed by atoms with E-state index in [0.29, 0.717) is 17.9 Å². The molecular formula is C22H38O3. The van der Waals surface area contributed by atoms with Gasteiger partial charge < -0.3 is 14.6 Å². The predicted octanol–water partition coefficient (Wildman–Crippen LogP) is 5.84. The van der Waals surface area contributed by atoms with Crippen molar-refractivity contribution in [2.24, 2.45) is 17.3 Å². The van der Waals surface area contributed by atoms with E-state index in [1.54, 1.807) is 7.11 Å². The maximum atomic E-state index is 9.48. The zero-order valence-electron chi connectivity index (χ0n) is 17.1. The molecular weight excluding hydrogens is 312 g/mol. The lowest BCUT2D eigenvalue weighted by Gasteiger charge is -2.31. The average Bonchev–Trinajstić information content (AvgIpc) is 2.59. The molecule has 1 rings (SSSR count). The zero-order chi connectivity index (χ0) is 18.9. The van der Waals surface area contributed by atoms with Crippen LogP contribution in [-0.2, 0) is 6.61 Å². The first kappa shape index (κ1) is 21.8. The molecule has 3 nitrogen and oxygen atoms in total. The molecule has 1 aromatic rings. The van der Waals surface area contributed by atoms with Crippen molar-refractivity contribution in [3.63, 3.8) is 0 Å². The summed E-state index contributed by atoms with van der Waals surface area (Å²) < 4.78 is 11.2. The molecule has 1 N–H and O–H groups in total. The highest BCUT2D eigenvalue weighted by atomic mass is 16.5. The van der Waals surface area contributed by atoms with E-state index >= 15 is 0 Å². The molecule has 0 amide bonds. The standard InChI is InChI=1S/C22H38O3/c1-7-17(3)14-22(4,5)15-18(8-2)11-12-25-21-13-20(24-6)10-9-19(21)16-23/h9-10,13,17-18,23H,7-8,11-12,14-16H2,1-6H3. The van der Waals surface area contributed by atoms with Crippen molar-refractivity contribution < 1.29 is 14.6 Å². The second-order valence-corrected chi connectivity index (χ2v) is 8.13. The molecule has 0 saturated carbocycles. The van der Waals surface area contributed by atoms with E-state index in [2.05, 4.69) is 34.6 Å². The molecule has 0 aliphatic rings. The van der Waals surface area contributed by atoms with Crippen LogP contribution >= 0.6 is 0 Å². The van der Waals surface area contributed by atoms with E-state index in [0.717, 1.165) is 29.4 Å². The molecule has 2 atom stereocenters. The molecule has 0 fully saturated rings. The highest BCUT2D eigenvalue weighted by molar-refractivity contribution is 5.40. The highest BCUT2D eigenvalue weighted by Crippen LogP contribution is 2.36. The molecule has 0 bridgehead atoms. The van der Waals surface area contributed by atoms with E-state index in [4.69, 9.17) is 9.47 Å². The summed E-state index contributed by atoms with van der Waals surface area (Å²) in [5.41, 5.74) is 1.19. The van der Waals surface area contributed by atoms with Gasteiger partial charge >= 0.3 is 0 Å². The number of ether oxygens (including phenoxy) is 2. The largest absolute Gasteiger partial charge is 0.497 e. The minimum atomic E-state index is -0.0154. The third-order valence-corrected chi connectivity index (χ3v) is 5.24. The fraction of sp³-hybridized carbons (Fsp3) is 0.727. The Morgan fingerprint density at radius 1 is 1.12 bits per heavy atom. The number of rotatable bonds is 12. The molecule has 0 aliphatic carbocycles. The molecule has 0 heterocycles. The third-order valence-electron chi connectivity index (χ3n) is 5.24. The minimum Gasteiger partial charge on any atom is -0.497 e. The van der Waals surface area contributed by atoms with Gasteiger partial charge in [0.2, 0.25) is 0 Å². The van der Waals surface area contributed by atoms with E-state index in [1.165, 1.54) is 25.7 Å². The van der Waals surface area contributed by atoms with Gasteiger partial charge in [-0.2, -0.15) is 0 Å². The normalized spacial score (nSPS) is 14.2. The molecule has 0 radical (unpaired) electrons. The SMILES string of the molecule is CCC(C)CC(C)(C)CC(CC)CCOc1cc(OC)ccc1CO. The second-order valence-electron chi connectivity index (χ2n) is 8.13. The first-order valence-electron chi connectivity index (χ1n) is 9.75. The minimum absolute atomic E-state index is 0.0154. The van der Waals surface area contributed by atoms with Crippen LogP contribution in [0.2, 0.25) is 0 Å². The van der Waals surface area contributed by atoms with E-state index in [-0.39, 0.29) is 6.61 Å². The summed E-state index contributed by atoms with van der Waals surface area (Å²) in [4.78, 5) is 0. The molecule has 0 aliphatic heterocycles. The zero-order valence-corrected chi connectivity index (χ0v) is 17.1. The molecule has 3 heteroatoms. The van der Waals surface area contributed by atoms with Gasteiger partial charge in [-0.3, -0.25) is 0 Å².